The Bertz CT molecular complexity index is 1100. The molecule has 4 rings (SSSR count). The molecule has 1 heterocycles. The lowest BCUT2D eigenvalue weighted by molar-refractivity contribution is -0.143. The van der Waals surface area contributed by atoms with Gasteiger partial charge >= 0.3 is 5.97 Å². The number of rotatable bonds is 8. The molecule has 0 spiro atoms. The third-order valence-electron chi connectivity index (χ3n) is 5.79. The van der Waals surface area contributed by atoms with E-state index in [1.165, 1.54) is 11.3 Å². The van der Waals surface area contributed by atoms with Crippen molar-refractivity contribution in [3.8, 4) is 5.75 Å². The Labute approximate surface area is 195 Å². The number of ether oxygens (including phenoxy) is 1. The van der Waals surface area contributed by atoms with E-state index in [0.29, 0.717) is 55.0 Å². The number of amides is 2. The Morgan fingerprint density at radius 3 is 2.24 bits per heavy atom. The van der Waals surface area contributed by atoms with E-state index in [9.17, 15) is 14.4 Å². The van der Waals surface area contributed by atoms with Gasteiger partial charge in [-0.15, -0.1) is 11.3 Å². The van der Waals surface area contributed by atoms with Gasteiger partial charge in [-0.25, -0.2) is 0 Å². The number of hydrogen-bond acceptors (Lipinski definition) is 5. The zero-order valence-corrected chi connectivity index (χ0v) is 18.9. The zero-order valence-electron chi connectivity index (χ0n) is 18.1. The fourth-order valence-electron chi connectivity index (χ4n) is 3.94. The predicted octanol–water partition coefficient (Wildman–Crippen LogP) is 4.08. The molecular formula is C25H26N2O5S. The summed E-state index contributed by atoms with van der Waals surface area (Å²) in [6, 6.07) is 16.6. The highest BCUT2D eigenvalue weighted by atomic mass is 32.1. The van der Waals surface area contributed by atoms with Gasteiger partial charge in [0.2, 0.25) is 0 Å². The standard InChI is InChI=1S/C25H26N2O5S/c28-23(26-13-14-27-24(29)22-15-18-3-1-2-4-21(18)33-22)16-5-9-19(10-6-16)32-20-11-7-17(8-12-20)25(30)31/h1-6,9-10,15,17,20H,7-8,11-14H2,(H,26,28)(H,27,29)(H,30,31)/t17-,20+. The Kier molecular flexibility index (Phi) is 7.24. The molecule has 0 unspecified atom stereocenters. The van der Waals surface area contributed by atoms with Crippen LogP contribution in [0.3, 0.4) is 0 Å². The molecule has 172 valence electrons. The topological polar surface area (TPSA) is 105 Å². The van der Waals surface area contributed by atoms with Crippen LogP contribution < -0.4 is 15.4 Å². The van der Waals surface area contributed by atoms with Gasteiger partial charge in [0, 0.05) is 23.4 Å². The first-order valence-corrected chi connectivity index (χ1v) is 11.9. The minimum Gasteiger partial charge on any atom is -0.490 e. The van der Waals surface area contributed by atoms with Crippen molar-refractivity contribution in [2.75, 3.05) is 13.1 Å². The van der Waals surface area contributed by atoms with Gasteiger partial charge < -0.3 is 20.5 Å². The maximum absolute atomic E-state index is 12.4. The fourth-order valence-corrected chi connectivity index (χ4v) is 4.92. The minimum absolute atomic E-state index is 0.00447. The van der Waals surface area contributed by atoms with Crippen LogP contribution in [0.4, 0.5) is 0 Å². The highest BCUT2D eigenvalue weighted by Gasteiger charge is 2.26. The molecule has 8 heteroatoms. The van der Waals surface area contributed by atoms with E-state index in [4.69, 9.17) is 9.84 Å². The molecule has 1 aromatic heterocycles. The van der Waals surface area contributed by atoms with Crippen LogP contribution in [0.2, 0.25) is 0 Å². The third-order valence-corrected chi connectivity index (χ3v) is 6.90. The monoisotopic (exact) mass is 466 g/mol. The first-order chi connectivity index (χ1) is 16.0. The Balaban J connectivity index is 1.19. The van der Waals surface area contributed by atoms with Crippen LogP contribution in [-0.2, 0) is 4.79 Å². The summed E-state index contributed by atoms with van der Waals surface area (Å²) in [4.78, 5) is 36.4. The van der Waals surface area contributed by atoms with Gasteiger partial charge in [-0.3, -0.25) is 14.4 Å². The number of carbonyl (C=O) groups excluding carboxylic acids is 2. The Hall–Kier alpha value is -3.39. The van der Waals surface area contributed by atoms with Crippen molar-refractivity contribution in [3.05, 3.63) is 65.0 Å². The number of carbonyl (C=O) groups is 3. The van der Waals surface area contributed by atoms with E-state index in [1.807, 2.05) is 30.3 Å². The molecule has 0 aliphatic heterocycles. The van der Waals surface area contributed by atoms with Crippen LogP contribution >= 0.6 is 11.3 Å². The first kappa shape index (κ1) is 22.8. The van der Waals surface area contributed by atoms with Crippen LogP contribution in [0.1, 0.15) is 45.7 Å². The average Bonchev–Trinajstić information content (AvgIpc) is 3.27. The van der Waals surface area contributed by atoms with Crippen molar-refractivity contribution in [2.45, 2.75) is 31.8 Å². The molecule has 0 atom stereocenters. The molecule has 0 saturated heterocycles. The number of carboxylic acids is 1. The lowest BCUT2D eigenvalue weighted by Crippen LogP contribution is -2.34. The second-order valence-corrected chi connectivity index (χ2v) is 9.20. The minimum atomic E-state index is -0.733. The molecule has 2 aromatic carbocycles. The van der Waals surface area contributed by atoms with Crippen molar-refractivity contribution in [1.29, 1.82) is 0 Å². The summed E-state index contributed by atoms with van der Waals surface area (Å²) < 4.78 is 7.00. The van der Waals surface area contributed by atoms with Crippen LogP contribution in [0.5, 0.6) is 5.75 Å². The van der Waals surface area contributed by atoms with Crippen LogP contribution in [-0.4, -0.2) is 42.1 Å². The summed E-state index contributed by atoms with van der Waals surface area (Å²) in [5, 5.41) is 15.8. The number of thiophene rings is 1. The van der Waals surface area contributed by atoms with E-state index >= 15 is 0 Å². The van der Waals surface area contributed by atoms with E-state index < -0.39 is 5.97 Å². The normalized spacial score (nSPS) is 17.9. The summed E-state index contributed by atoms with van der Waals surface area (Å²) >= 11 is 1.44. The summed E-state index contributed by atoms with van der Waals surface area (Å²) in [6.07, 6.45) is 2.68. The molecule has 1 saturated carbocycles. The smallest absolute Gasteiger partial charge is 0.306 e. The second-order valence-electron chi connectivity index (χ2n) is 8.11. The van der Waals surface area contributed by atoms with Gasteiger partial charge in [0.15, 0.2) is 0 Å². The molecule has 1 aliphatic rings. The number of nitrogens with one attached hydrogen (secondary N) is 2. The van der Waals surface area contributed by atoms with Gasteiger partial charge in [0.1, 0.15) is 5.75 Å². The molecule has 33 heavy (non-hydrogen) atoms. The Morgan fingerprint density at radius 2 is 1.58 bits per heavy atom. The number of benzene rings is 2. The second kappa shape index (κ2) is 10.5. The summed E-state index contributed by atoms with van der Waals surface area (Å²) in [5.41, 5.74) is 0.507. The van der Waals surface area contributed by atoms with E-state index in [1.54, 1.807) is 24.3 Å². The largest absolute Gasteiger partial charge is 0.490 e. The SMILES string of the molecule is O=C(NCCNC(=O)c1cc2ccccc2s1)c1ccc(O[C@H]2CC[C@@H](C(=O)O)CC2)cc1. The van der Waals surface area contributed by atoms with E-state index in [2.05, 4.69) is 10.6 Å². The molecule has 2 amide bonds. The van der Waals surface area contributed by atoms with Crippen molar-refractivity contribution in [2.24, 2.45) is 5.92 Å². The van der Waals surface area contributed by atoms with Gasteiger partial charge in [-0.1, -0.05) is 18.2 Å². The van der Waals surface area contributed by atoms with Crippen molar-refractivity contribution in [3.63, 3.8) is 0 Å². The number of carboxylic acid groups (broad SMARTS) is 1. The fraction of sp³-hybridized carbons (Fsp3) is 0.320. The van der Waals surface area contributed by atoms with Gasteiger partial charge in [-0.05, 0) is 67.5 Å². The number of hydrogen-bond donors (Lipinski definition) is 3. The maximum atomic E-state index is 12.4. The molecule has 7 nitrogen and oxygen atoms in total. The third kappa shape index (κ3) is 5.90. The van der Waals surface area contributed by atoms with E-state index in [0.717, 1.165) is 10.1 Å². The Morgan fingerprint density at radius 1 is 0.909 bits per heavy atom. The highest BCUT2D eigenvalue weighted by molar-refractivity contribution is 7.20. The van der Waals surface area contributed by atoms with Crippen molar-refractivity contribution >= 4 is 39.2 Å². The summed E-state index contributed by atoms with van der Waals surface area (Å²) in [6.45, 7) is 0.652. The van der Waals surface area contributed by atoms with Crippen LogP contribution in [0.25, 0.3) is 10.1 Å². The van der Waals surface area contributed by atoms with Crippen LogP contribution in [0, 0.1) is 5.92 Å². The van der Waals surface area contributed by atoms with Crippen molar-refractivity contribution in [1.82, 2.24) is 10.6 Å². The molecular weight excluding hydrogens is 440 g/mol. The molecule has 3 aromatic rings. The molecule has 0 bridgehead atoms. The van der Waals surface area contributed by atoms with Gasteiger partial charge in [-0.2, -0.15) is 0 Å². The quantitative estimate of drug-likeness (QED) is 0.434. The maximum Gasteiger partial charge on any atom is 0.306 e. The molecule has 1 fully saturated rings. The summed E-state index contributed by atoms with van der Waals surface area (Å²) in [5.74, 6) is -0.709. The van der Waals surface area contributed by atoms with Crippen molar-refractivity contribution < 1.29 is 24.2 Å². The lowest BCUT2D eigenvalue weighted by Gasteiger charge is -2.26. The molecule has 0 radical (unpaired) electrons. The predicted molar refractivity (Wildman–Crippen MR) is 127 cm³/mol. The summed E-state index contributed by atoms with van der Waals surface area (Å²) in [7, 11) is 0. The molecule has 3 N–H and O–H groups in total. The van der Waals surface area contributed by atoms with Crippen LogP contribution in [0.15, 0.2) is 54.6 Å². The lowest BCUT2D eigenvalue weighted by atomic mass is 9.87. The van der Waals surface area contributed by atoms with Gasteiger partial charge in [0.25, 0.3) is 11.8 Å². The van der Waals surface area contributed by atoms with E-state index in [-0.39, 0.29) is 23.8 Å². The highest BCUT2D eigenvalue weighted by Crippen LogP contribution is 2.28. The number of fused-ring (bicyclic) bond motifs is 1. The zero-order chi connectivity index (χ0) is 23.2. The number of aliphatic carboxylic acids is 1. The van der Waals surface area contributed by atoms with Gasteiger partial charge in [0.05, 0.1) is 16.9 Å². The first-order valence-electron chi connectivity index (χ1n) is 11.0. The molecule has 1 aliphatic carbocycles. The average molecular weight is 467 g/mol.